The lowest BCUT2D eigenvalue weighted by molar-refractivity contribution is -0.140. The molecule has 0 bridgehead atoms. The molecule has 1 amide bonds. The fourth-order valence-electron chi connectivity index (χ4n) is 4.48. The molecule has 186 valence electrons. The predicted molar refractivity (Wildman–Crippen MR) is 135 cm³/mol. The minimum Gasteiger partial charge on any atom is -0.507 e. The summed E-state index contributed by atoms with van der Waals surface area (Å²) < 4.78 is 10.9. The van der Waals surface area contributed by atoms with Gasteiger partial charge in [-0.25, -0.2) is 0 Å². The zero-order valence-corrected chi connectivity index (χ0v) is 21.0. The Morgan fingerprint density at radius 1 is 1.09 bits per heavy atom. The maximum atomic E-state index is 13.2. The second-order valence-corrected chi connectivity index (χ2v) is 9.25. The molecule has 1 atom stereocenters. The van der Waals surface area contributed by atoms with Gasteiger partial charge in [0.15, 0.2) is 0 Å². The average Bonchev–Trinajstić information content (AvgIpc) is 3.11. The van der Waals surface area contributed by atoms with Crippen LogP contribution in [0.4, 0.5) is 0 Å². The molecule has 4 rings (SSSR count). The molecule has 2 heterocycles. The van der Waals surface area contributed by atoms with Crippen LogP contribution >= 0.6 is 23.2 Å². The van der Waals surface area contributed by atoms with Gasteiger partial charge < -0.3 is 19.5 Å². The first-order valence-electron chi connectivity index (χ1n) is 11.7. The van der Waals surface area contributed by atoms with Gasteiger partial charge >= 0.3 is 0 Å². The number of hydrogen-bond acceptors (Lipinski definition) is 6. The van der Waals surface area contributed by atoms with Crippen LogP contribution in [0.1, 0.15) is 30.5 Å². The first-order chi connectivity index (χ1) is 16.9. The van der Waals surface area contributed by atoms with Crippen LogP contribution in [0, 0.1) is 0 Å². The van der Waals surface area contributed by atoms with Gasteiger partial charge in [-0.05, 0) is 43.2 Å². The molecule has 0 saturated carbocycles. The second-order valence-electron chi connectivity index (χ2n) is 8.43. The van der Waals surface area contributed by atoms with Crippen LogP contribution < -0.4 is 4.74 Å². The van der Waals surface area contributed by atoms with Crippen LogP contribution in [0.2, 0.25) is 10.0 Å². The third kappa shape index (κ3) is 5.64. The molecule has 0 spiro atoms. The Morgan fingerprint density at radius 3 is 2.57 bits per heavy atom. The lowest BCUT2D eigenvalue weighted by Gasteiger charge is -2.29. The number of aliphatic hydroxyl groups is 1. The van der Waals surface area contributed by atoms with E-state index < -0.39 is 17.7 Å². The molecule has 2 aromatic rings. The van der Waals surface area contributed by atoms with Crippen LogP contribution in [-0.4, -0.2) is 72.6 Å². The Bertz CT molecular complexity index is 1130. The zero-order valence-electron chi connectivity index (χ0n) is 19.5. The molecule has 9 heteroatoms. The average molecular weight is 519 g/mol. The Labute approximate surface area is 214 Å². The van der Waals surface area contributed by atoms with Gasteiger partial charge in [0, 0.05) is 31.7 Å². The van der Waals surface area contributed by atoms with Gasteiger partial charge in [-0.3, -0.25) is 14.5 Å². The van der Waals surface area contributed by atoms with E-state index in [1.165, 1.54) is 4.90 Å². The van der Waals surface area contributed by atoms with E-state index in [4.69, 9.17) is 32.7 Å². The van der Waals surface area contributed by atoms with Crippen LogP contribution in [0.15, 0.2) is 48.0 Å². The minimum atomic E-state index is -0.787. The number of carbonyl (C=O) groups excluding carboxylic acids is 2. The number of morpholine rings is 1. The fourth-order valence-corrected chi connectivity index (χ4v) is 4.79. The second kappa shape index (κ2) is 11.4. The number of ketones is 1. The molecular weight excluding hydrogens is 491 g/mol. The minimum absolute atomic E-state index is 0.0217. The van der Waals surface area contributed by atoms with Crippen molar-refractivity contribution in [2.24, 2.45) is 0 Å². The maximum Gasteiger partial charge on any atom is 0.295 e. The molecule has 35 heavy (non-hydrogen) atoms. The maximum absolute atomic E-state index is 13.2. The van der Waals surface area contributed by atoms with Crippen LogP contribution in [0.3, 0.4) is 0 Å². The standard InChI is InChI=1S/C26H28Cl2N2O5/c1-2-35-19-6-3-5-18(15-19)24(31)22-23(17-7-8-20(27)21(28)16-17)30(26(33)25(22)32)10-4-9-29-11-13-34-14-12-29/h3,5-8,15-16,23,31H,2,4,9-14H2,1H3/b24-22+. The van der Waals surface area contributed by atoms with E-state index in [0.717, 1.165) is 19.6 Å². The lowest BCUT2D eigenvalue weighted by atomic mass is 9.95. The van der Waals surface area contributed by atoms with Crippen molar-refractivity contribution in [2.45, 2.75) is 19.4 Å². The van der Waals surface area contributed by atoms with Gasteiger partial charge in [0.25, 0.3) is 11.7 Å². The molecule has 1 N–H and O–H groups in total. The number of hydrogen-bond donors (Lipinski definition) is 1. The van der Waals surface area contributed by atoms with Gasteiger partial charge in [-0.2, -0.15) is 0 Å². The number of nitrogens with zero attached hydrogens (tertiary/aromatic N) is 2. The van der Waals surface area contributed by atoms with Crippen molar-refractivity contribution in [2.75, 3.05) is 46.0 Å². The molecule has 7 nitrogen and oxygen atoms in total. The van der Waals surface area contributed by atoms with Crippen molar-refractivity contribution in [1.82, 2.24) is 9.80 Å². The monoisotopic (exact) mass is 518 g/mol. The Hall–Kier alpha value is -2.58. The number of likely N-dealkylation sites (tertiary alicyclic amines) is 1. The summed E-state index contributed by atoms with van der Waals surface area (Å²) in [7, 11) is 0. The van der Waals surface area contributed by atoms with Crippen molar-refractivity contribution in [3.05, 3.63) is 69.2 Å². The first-order valence-corrected chi connectivity index (χ1v) is 12.4. The number of carbonyl (C=O) groups is 2. The summed E-state index contributed by atoms with van der Waals surface area (Å²) in [5.74, 6) is -1.07. The normalized spacial score (nSPS) is 20.4. The largest absolute Gasteiger partial charge is 0.507 e. The fraction of sp³-hybridized carbons (Fsp3) is 0.385. The van der Waals surface area contributed by atoms with E-state index in [0.29, 0.717) is 59.7 Å². The molecule has 0 aromatic heterocycles. The summed E-state index contributed by atoms with van der Waals surface area (Å²) in [4.78, 5) is 30.2. The topological polar surface area (TPSA) is 79.3 Å². The van der Waals surface area contributed by atoms with E-state index >= 15 is 0 Å². The van der Waals surface area contributed by atoms with E-state index in [1.807, 2.05) is 6.92 Å². The smallest absolute Gasteiger partial charge is 0.295 e. The molecule has 2 aliphatic rings. The van der Waals surface area contributed by atoms with E-state index in [9.17, 15) is 14.7 Å². The molecular formula is C26H28Cl2N2O5. The number of rotatable bonds is 8. The zero-order chi connectivity index (χ0) is 24.9. The molecule has 2 saturated heterocycles. The number of amides is 1. The highest BCUT2D eigenvalue weighted by atomic mass is 35.5. The third-order valence-corrected chi connectivity index (χ3v) is 6.93. The Kier molecular flexibility index (Phi) is 8.34. The highest BCUT2D eigenvalue weighted by Crippen LogP contribution is 2.41. The number of ether oxygens (including phenoxy) is 2. The van der Waals surface area contributed by atoms with E-state index in [1.54, 1.807) is 42.5 Å². The summed E-state index contributed by atoms with van der Waals surface area (Å²) in [6.45, 7) is 6.50. The Morgan fingerprint density at radius 2 is 1.86 bits per heavy atom. The van der Waals surface area contributed by atoms with E-state index in [2.05, 4.69) is 4.90 Å². The van der Waals surface area contributed by atoms with Gasteiger partial charge in [0.2, 0.25) is 0 Å². The molecule has 2 aliphatic heterocycles. The highest BCUT2D eigenvalue weighted by Gasteiger charge is 2.46. The van der Waals surface area contributed by atoms with Gasteiger partial charge in [-0.1, -0.05) is 41.4 Å². The van der Waals surface area contributed by atoms with Gasteiger partial charge in [0.1, 0.15) is 11.5 Å². The van der Waals surface area contributed by atoms with Crippen molar-refractivity contribution >= 4 is 40.7 Å². The molecule has 1 unspecified atom stereocenters. The van der Waals surface area contributed by atoms with Crippen LogP contribution in [0.25, 0.3) is 5.76 Å². The summed E-state index contributed by atoms with van der Waals surface area (Å²) in [5.41, 5.74) is 1.02. The van der Waals surface area contributed by atoms with Gasteiger partial charge in [0.05, 0.1) is 41.5 Å². The Balaban J connectivity index is 1.70. The van der Waals surface area contributed by atoms with E-state index in [-0.39, 0.29) is 11.3 Å². The number of aliphatic hydroxyl groups excluding tert-OH is 1. The molecule has 2 fully saturated rings. The third-order valence-electron chi connectivity index (χ3n) is 6.19. The molecule has 0 radical (unpaired) electrons. The van der Waals surface area contributed by atoms with Crippen molar-refractivity contribution in [3.8, 4) is 5.75 Å². The molecule has 2 aromatic carbocycles. The number of halogens is 2. The number of Topliss-reactive ketones (excluding diaryl/α,β-unsaturated/α-hetero) is 1. The van der Waals surface area contributed by atoms with Crippen molar-refractivity contribution < 1.29 is 24.2 Å². The lowest BCUT2D eigenvalue weighted by Crippen LogP contribution is -2.38. The predicted octanol–water partition coefficient (Wildman–Crippen LogP) is 4.54. The summed E-state index contributed by atoms with van der Waals surface area (Å²) in [6, 6.07) is 11.0. The quantitative estimate of drug-likeness (QED) is 0.314. The van der Waals surface area contributed by atoms with Crippen LogP contribution in [-0.2, 0) is 14.3 Å². The van der Waals surface area contributed by atoms with Crippen molar-refractivity contribution in [1.29, 1.82) is 0 Å². The highest BCUT2D eigenvalue weighted by molar-refractivity contribution is 6.46. The van der Waals surface area contributed by atoms with Crippen LogP contribution in [0.5, 0.6) is 5.75 Å². The summed E-state index contributed by atoms with van der Waals surface area (Å²) in [5, 5.41) is 11.9. The SMILES string of the molecule is CCOc1cccc(/C(O)=C2\C(=O)C(=O)N(CCCN3CCOCC3)C2c2ccc(Cl)c(Cl)c2)c1. The summed E-state index contributed by atoms with van der Waals surface area (Å²) >= 11 is 12.4. The number of benzene rings is 2. The summed E-state index contributed by atoms with van der Waals surface area (Å²) in [6.07, 6.45) is 0.671. The molecule has 0 aliphatic carbocycles. The van der Waals surface area contributed by atoms with Gasteiger partial charge in [-0.15, -0.1) is 0 Å². The first kappa shape index (κ1) is 25.5. The van der Waals surface area contributed by atoms with Crippen molar-refractivity contribution in [3.63, 3.8) is 0 Å².